The average molecular weight is 1340 g/mol. The van der Waals surface area contributed by atoms with Gasteiger partial charge in [0.15, 0.2) is 18.9 Å². The molecule has 17 unspecified atom stereocenters. The Bertz CT molecular complexity index is 1890. The van der Waals surface area contributed by atoms with Gasteiger partial charge in [0.1, 0.15) is 73.2 Å². The lowest BCUT2D eigenvalue weighted by Crippen LogP contribution is -2.66. The van der Waals surface area contributed by atoms with Gasteiger partial charge in [-0.3, -0.25) is 4.79 Å². The first kappa shape index (κ1) is 86.0. The Hall–Kier alpha value is -2.25. The molecule has 1 amide bonds. The monoisotopic (exact) mass is 1340 g/mol. The number of hydrogen-bond acceptors (Lipinski definition) is 18. The highest BCUT2D eigenvalue weighted by molar-refractivity contribution is 5.76. The van der Waals surface area contributed by atoms with Crippen LogP contribution >= 0.6 is 0 Å². The van der Waals surface area contributed by atoms with Crippen LogP contribution in [0.3, 0.4) is 0 Å². The van der Waals surface area contributed by atoms with E-state index in [0.29, 0.717) is 12.8 Å². The number of carbonyl (C=O) groups is 1. The summed E-state index contributed by atoms with van der Waals surface area (Å²) in [5, 5.41) is 121. The smallest absolute Gasteiger partial charge is 0.220 e. The minimum absolute atomic E-state index is 0.239. The molecule has 3 aliphatic heterocycles. The third kappa shape index (κ3) is 37.3. The second-order valence-corrected chi connectivity index (χ2v) is 27.1. The number of unbranched alkanes of at least 4 members (excludes halogenated alkanes) is 35. The number of rotatable bonds is 59. The van der Waals surface area contributed by atoms with E-state index in [2.05, 4.69) is 67.8 Å². The quantitative estimate of drug-likeness (QED) is 0.0199. The lowest BCUT2D eigenvalue weighted by Gasteiger charge is -2.48. The summed E-state index contributed by atoms with van der Waals surface area (Å²) < 4.78 is 34.4. The Morgan fingerprint density at radius 2 is 0.734 bits per heavy atom. The standard InChI is InChI=1S/C75H137NO18/c1-3-5-7-9-11-13-15-17-18-19-20-21-22-23-24-25-26-27-28-29-30-31-32-33-34-35-36-37-38-39-40-41-43-45-47-49-51-53-63(81)76-58(59(80)52-50-48-46-44-42-16-14-12-10-8-6-4-2)57-89-73-69(87)66(84)71(61(55-78)91-73)94-75-70(88)67(85)72(62(56-79)92-75)93-74-68(86)65(83)64(82)60(54-77)90-74/h5,7,11,13,17-18,20-21,58-62,64-75,77-80,82-88H,3-4,6,8-10,12,14-16,19,22-57H2,1-2H3,(H,76,81)/b7-5-,13-11-,18-17-,21-20-. The van der Waals surface area contributed by atoms with Crippen molar-refractivity contribution >= 4 is 5.91 Å². The Kier molecular flexibility index (Phi) is 51.7. The third-order valence-corrected chi connectivity index (χ3v) is 18.9. The first-order valence-corrected chi connectivity index (χ1v) is 37.9. The van der Waals surface area contributed by atoms with Gasteiger partial charge in [-0.2, -0.15) is 0 Å². The minimum atomic E-state index is -1.97. The molecule has 0 aliphatic carbocycles. The van der Waals surface area contributed by atoms with E-state index in [1.807, 2.05) is 0 Å². The zero-order valence-corrected chi connectivity index (χ0v) is 58.4. The number of aliphatic hydroxyl groups excluding tert-OH is 11. The van der Waals surface area contributed by atoms with Gasteiger partial charge in [-0.25, -0.2) is 0 Å². The first-order chi connectivity index (χ1) is 45.8. The van der Waals surface area contributed by atoms with Crippen LogP contribution in [0.25, 0.3) is 0 Å². The molecular weight excluding hydrogens is 1200 g/mol. The van der Waals surface area contributed by atoms with Gasteiger partial charge >= 0.3 is 0 Å². The van der Waals surface area contributed by atoms with Crippen LogP contribution in [-0.2, 0) is 33.2 Å². The van der Waals surface area contributed by atoms with Crippen LogP contribution in [0.2, 0.25) is 0 Å². The summed E-state index contributed by atoms with van der Waals surface area (Å²) in [6, 6.07) is -0.884. The molecule has 3 aliphatic rings. The van der Waals surface area contributed by atoms with Crippen molar-refractivity contribution in [2.24, 2.45) is 0 Å². The van der Waals surface area contributed by atoms with E-state index in [-0.39, 0.29) is 18.9 Å². The number of aliphatic hydroxyl groups is 11. The minimum Gasteiger partial charge on any atom is -0.394 e. The lowest BCUT2D eigenvalue weighted by atomic mass is 9.96. The highest BCUT2D eigenvalue weighted by Crippen LogP contribution is 2.33. The van der Waals surface area contributed by atoms with Gasteiger partial charge in [-0.1, -0.05) is 281 Å². The Balaban J connectivity index is 1.29. The fourth-order valence-electron chi connectivity index (χ4n) is 12.8. The third-order valence-electron chi connectivity index (χ3n) is 18.9. The van der Waals surface area contributed by atoms with Crippen LogP contribution in [0.5, 0.6) is 0 Å². The van der Waals surface area contributed by atoms with Crippen molar-refractivity contribution in [3.05, 3.63) is 48.6 Å². The van der Waals surface area contributed by atoms with E-state index in [1.54, 1.807) is 0 Å². The van der Waals surface area contributed by atoms with Crippen molar-refractivity contribution in [2.75, 3.05) is 26.4 Å². The molecule has 3 fully saturated rings. The summed E-state index contributed by atoms with van der Waals surface area (Å²) in [5.41, 5.74) is 0. The number of ether oxygens (including phenoxy) is 6. The van der Waals surface area contributed by atoms with Crippen molar-refractivity contribution in [2.45, 2.75) is 394 Å². The lowest BCUT2D eigenvalue weighted by molar-refractivity contribution is -0.379. The van der Waals surface area contributed by atoms with Crippen LogP contribution in [0, 0.1) is 0 Å². The summed E-state index contributed by atoms with van der Waals surface area (Å²) in [6.07, 6.45) is 42.3. The van der Waals surface area contributed by atoms with Crippen LogP contribution < -0.4 is 5.32 Å². The summed E-state index contributed by atoms with van der Waals surface area (Å²) in [6.45, 7) is 1.69. The molecule has 0 bridgehead atoms. The summed E-state index contributed by atoms with van der Waals surface area (Å²) in [4.78, 5) is 13.4. The van der Waals surface area contributed by atoms with E-state index in [1.165, 1.54) is 186 Å². The van der Waals surface area contributed by atoms with Crippen molar-refractivity contribution < 1.29 is 89.4 Å². The van der Waals surface area contributed by atoms with E-state index in [9.17, 15) is 61.0 Å². The van der Waals surface area contributed by atoms with Gasteiger partial charge in [-0.05, 0) is 51.4 Å². The van der Waals surface area contributed by atoms with Gasteiger partial charge in [0.25, 0.3) is 0 Å². The second-order valence-electron chi connectivity index (χ2n) is 27.1. The number of allylic oxidation sites excluding steroid dienone is 8. The van der Waals surface area contributed by atoms with Crippen molar-refractivity contribution in [1.82, 2.24) is 5.32 Å². The molecule has 94 heavy (non-hydrogen) atoms. The van der Waals surface area contributed by atoms with Crippen molar-refractivity contribution in [3.63, 3.8) is 0 Å². The van der Waals surface area contributed by atoms with Gasteiger partial charge in [-0.15, -0.1) is 0 Å². The van der Waals surface area contributed by atoms with E-state index in [0.717, 1.165) is 70.6 Å². The maximum Gasteiger partial charge on any atom is 0.220 e. The van der Waals surface area contributed by atoms with Gasteiger partial charge < -0.3 is 89.9 Å². The average Bonchev–Trinajstić information content (AvgIpc) is 0.794. The number of carbonyl (C=O) groups excluding carboxylic acids is 1. The van der Waals surface area contributed by atoms with Crippen LogP contribution in [0.4, 0.5) is 0 Å². The van der Waals surface area contributed by atoms with Crippen LogP contribution in [-0.4, -0.2) is 193 Å². The fourth-order valence-corrected chi connectivity index (χ4v) is 12.8. The molecule has 0 radical (unpaired) electrons. The molecule has 0 aromatic rings. The maximum atomic E-state index is 13.4. The van der Waals surface area contributed by atoms with Crippen LogP contribution in [0.1, 0.15) is 290 Å². The predicted octanol–water partition coefficient (Wildman–Crippen LogP) is 11.3. The molecule has 17 atom stereocenters. The maximum absolute atomic E-state index is 13.4. The van der Waals surface area contributed by atoms with Gasteiger partial charge in [0, 0.05) is 6.42 Å². The molecule has 550 valence electrons. The molecule has 0 saturated carbocycles. The fraction of sp³-hybridized carbons (Fsp3) is 0.880. The summed E-state index contributed by atoms with van der Waals surface area (Å²) in [5.74, 6) is -0.239. The van der Waals surface area contributed by atoms with E-state index >= 15 is 0 Å². The molecule has 0 aromatic carbocycles. The molecule has 12 N–H and O–H groups in total. The number of amides is 1. The molecule has 0 spiro atoms. The Labute approximate surface area is 567 Å². The normalized spacial score (nSPS) is 27.6. The molecule has 0 aromatic heterocycles. The zero-order valence-electron chi connectivity index (χ0n) is 58.4. The molecule has 3 saturated heterocycles. The molecule has 3 rings (SSSR count). The van der Waals surface area contributed by atoms with Crippen LogP contribution in [0.15, 0.2) is 48.6 Å². The largest absolute Gasteiger partial charge is 0.394 e. The Morgan fingerprint density at radius 1 is 0.394 bits per heavy atom. The Morgan fingerprint density at radius 3 is 1.15 bits per heavy atom. The zero-order chi connectivity index (χ0) is 68.2. The topological polar surface area (TPSA) is 307 Å². The van der Waals surface area contributed by atoms with E-state index < -0.39 is 124 Å². The predicted molar refractivity (Wildman–Crippen MR) is 369 cm³/mol. The molecule has 19 nitrogen and oxygen atoms in total. The first-order valence-electron chi connectivity index (χ1n) is 37.9. The van der Waals surface area contributed by atoms with Gasteiger partial charge in [0.05, 0.1) is 38.6 Å². The van der Waals surface area contributed by atoms with Crippen molar-refractivity contribution in [1.29, 1.82) is 0 Å². The highest BCUT2D eigenvalue weighted by Gasteiger charge is 2.53. The molecular formula is C75H137NO18. The number of nitrogens with one attached hydrogen (secondary N) is 1. The van der Waals surface area contributed by atoms with Gasteiger partial charge in [0.2, 0.25) is 5.91 Å². The highest BCUT2D eigenvalue weighted by atomic mass is 16.8. The van der Waals surface area contributed by atoms with E-state index in [4.69, 9.17) is 28.4 Å². The summed E-state index contributed by atoms with van der Waals surface area (Å²) in [7, 11) is 0. The summed E-state index contributed by atoms with van der Waals surface area (Å²) >= 11 is 0. The van der Waals surface area contributed by atoms with Crippen molar-refractivity contribution in [3.8, 4) is 0 Å². The SMILES string of the molecule is CC/C=C\C/C=C\C/C=C\C/C=C\CCCCCCCCCCCCCCCCCCCCCCCCCCC(=O)NC(COC1OC(CO)C(OC2OC(CO)C(OC3OC(CO)C(O)C(O)C3O)C(O)C2O)C(O)C1O)C(O)CCCCCCCCCCCCCC. The number of hydrogen-bond donors (Lipinski definition) is 12. The molecule has 19 heteroatoms. The molecule has 3 heterocycles. The second kappa shape index (κ2) is 56.5.